The van der Waals surface area contributed by atoms with Gasteiger partial charge in [0.15, 0.2) is 0 Å². The zero-order valence-electron chi connectivity index (χ0n) is 12.0. The van der Waals surface area contributed by atoms with E-state index in [0.717, 1.165) is 9.13 Å². The molecule has 1 aromatic heterocycles. The molecule has 0 radical (unpaired) electrons. The zero-order chi connectivity index (χ0) is 15.9. The highest BCUT2D eigenvalue weighted by atomic mass is 127. The van der Waals surface area contributed by atoms with Crippen molar-refractivity contribution in [1.82, 2.24) is 10.3 Å². The monoisotopic (exact) mass is 410 g/mol. The molecule has 0 aliphatic carbocycles. The molecule has 2 aromatic rings. The number of ether oxygens (including phenoxy) is 1. The summed E-state index contributed by atoms with van der Waals surface area (Å²) in [7, 11) is 1.31. The molecule has 1 aromatic carbocycles. The van der Waals surface area contributed by atoms with E-state index in [4.69, 9.17) is 4.74 Å². The predicted octanol–water partition coefficient (Wildman–Crippen LogP) is 2.20. The van der Waals surface area contributed by atoms with Crippen LogP contribution in [-0.2, 0) is 16.0 Å². The van der Waals surface area contributed by atoms with E-state index in [0.29, 0.717) is 12.0 Å². The summed E-state index contributed by atoms with van der Waals surface area (Å²) < 4.78 is 5.89. The van der Waals surface area contributed by atoms with Crippen molar-refractivity contribution in [3.05, 3.63) is 63.5 Å². The van der Waals surface area contributed by atoms with Crippen molar-refractivity contribution in [2.24, 2.45) is 0 Å². The Morgan fingerprint density at radius 2 is 1.82 bits per heavy atom. The van der Waals surface area contributed by atoms with Gasteiger partial charge in [-0.3, -0.25) is 9.78 Å². The fourth-order valence-electron chi connectivity index (χ4n) is 1.94. The van der Waals surface area contributed by atoms with Gasteiger partial charge in [-0.05, 0) is 52.4 Å². The molecule has 0 aliphatic heterocycles. The lowest BCUT2D eigenvalue weighted by molar-refractivity contribution is -0.142. The molecule has 22 heavy (non-hydrogen) atoms. The second kappa shape index (κ2) is 7.88. The third kappa shape index (κ3) is 4.52. The van der Waals surface area contributed by atoms with E-state index >= 15 is 0 Å². The van der Waals surface area contributed by atoms with Crippen LogP contribution in [0.25, 0.3) is 0 Å². The van der Waals surface area contributed by atoms with Gasteiger partial charge in [0.2, 0.25) is 0 Å². The molecule has 1 amide bonds. The highest BCUT2D eigenvalue weighted by Gasteiger charge is 2.22. The zero-order valence-corrected chi connectivity index (χ0v) is 14.1. The van der Waals surface area contributed by atoms with Crippen molar-refractivity contribution >= 4 is 34.5 Å². The minimum Gasteiger partial charge on any atom is -0.467 e. The molecule has 5 nitrogen and oxygen atoms in total. The first-order chi connectivity index (χ1) is 10.6. The van der Waals surface area contributed by atoms with E-state index in [2.05, 4.69) is 32.9 Å². The summed E-state index contributed by atoms with van der Waals surface area (Å²) in [6.07, 6.45) is 3.43. The summed E-state index contributed by atoms with van der Waals surface area (Å²) in [5.74, 6) is -0.802. The van der Waals surface area contributed by atoms with Gasteiger partial charge in [-0.25, -0.2) is 4.79 Å². The molecule has 0 spiro atoms. The Morgan fingerprint density at radius 3 is 2.41 bits per heavy atom. The van der Waals surface area contributed by atoms with Crippen molar-refractivity contribution < 1.29 is 14.3 Å². The number of methoxy groups -OCH3 is 1. The number of halogens is 1. The molecule has 0 unspecified atom stereocenters. The first-order valence-corrected chi connectivity index (χ1v) is 7.71. The Bertz CT molecular complexity index is 644. The van der Waals surface area contributed by atoms with Crippen LogP contribution in [0.1, 0.15) is 15.9 Å². The summed E-state index contributed by atoms with van der Waals surface area (Å²) >= 11 is 2.21. The highest BCUT2D eigenvalue weighted by Crippen LogP contribution is 2.10. The lowest BCUT2D eigenvalue weighted by Gasteiger charge is -2.16. The molecule has 0 bridgehead atoms. The van der Waals surface area contributed by atoms with E-state index in [1.807, 2.05) is 24.3 Å². The van der Waals surface area contributed by atoms with E-state index in [-0.39, 0.29) is 5.91 Å². The number of nitrogens with one attached hydrogen (secondary N) is 1. The number of benzene rings is 1. The van der Waals surface area contributed by atoms with Gasteiger partial charge >= 0.3 is 5.97 Å². The van der Waals surface area contributed by atoms with Gasteiger partial charge in [0.1, 0.15) is 6.04 Å². The van der Waals surface area contributed by atoms with Crippen molar-refractivity contribution in [1.29, 1.82) is 0 Å². The molecule has 0 aliphatic rings. The van der Waals surface area contributed by atoms with Crippen LogP contribution < -0.4 is 5.32 Å². The molecular weight excluding hydrogens is 395 g/mol. The largest absolute Gasteiger partial charge is 0.467 e. The summed E-state index contributed by atoms with van der Waals surface area (Å²) in [5, 5.41) is 2.70. The third-order valence-electron chi connectivity index (χ3n) is 3.09. The second-order valence-corrected chi connectivity index (χ2v) is 5.86. The minimum absolute atomic E-state index is 0.330. The lowest BCUT2D eigenvalue weighted by Crippen LogP contribution is -2.43. The number of pyridine rings is 1. The Kier molecular flexibility index (Phi) is 5.88. The van der Waals surface area contributed by atoms with Gasteiger partial charge in [0, 0.05) is 27.9 Å². The highest BCUT2D eigenvalue weighted by molar-refractivity contribution is 14.1. The number of esters is 1. The Morgan fingerprint density at radius 1 is 1.18 bits per heavy atom. The fraction of sp³-hybridized carbons (Fsp3) is 0.188. The number of carbonyl (C=O) groups is 2. The second-order valence-electron chi connectivity index (χ2n) is 4.62. The van der Waals surface area contributed by atoms with Gasteiger partial charge in [0.05, 0.1) is 7.11 Å². The maximum atomic E-state index is 12.2. The average molecular weight is 410 g/mol. The smallest absolute Gasteiger partial charge is 0.328 e. The Hall–Kier alpha value is -1.96. The van der Waals surface area contributed by atoms with Crippen LogP contribution in [-0.4, -0.2) is 30.0 Å². The summed E-state index contributed by atoms with van der Waals surface area (Å²) in [6, 6.07) is 10.2. The van der Waals surface area contributed by atoms with Crippen molar-refractivity contribution in [3.63, 3.8) is 0 Å². The van der Waals surface area contributed by atoms with Gasteiger partial charge < -0.3 is 10.1 Å². The predicted molar refractivity (Wildman–Crippen MR) is 90.4 cm³/mol. The number of hydrogen-bond donors (Lipinski definition) is 1. The fourth-order valence-corrected chi connectivity index (χ4v) is 2.30. The number of aromatic nitrogens is 1. The topological polar surface area (TPSA) is 68.3 Å². The van der Waals surface area contributed by atoms with Crippen molar-refractivity contribution in [2.45, 2.75) is 12.5 Å². The molecular formula is C16H15IN2O3. The first kappa shape index (κ1) is 16.4. The minimum atomic E-state index is -0.731. The van der Waals surface area contributed by atoms with Gasteiger partial charge in [0.25, 0.3) is 5.91 Å². The molecule has 0 saturated heterocycles. The summed E-state index contributed by atoms with van der Waals surface area (Å²) in [4.78, 5) is 27.9. The first-order valence-electron chi connectivity index (χ1n) is 6.63. The molecule has 1 atom stereocenters. The van der Waals surface area contributed by atoms with E-state index in [1.165, 1.54) is 19.5 Å². The number of hydrogen-bond acceptors (Lipinski definition) is 4. The Labute approximate surface area is 142 Å². The average Bonchev–Trinajstić information content (AvgIpc) is 2.56. The lowest BCUT2D eigenvalue weighted by atomic mass is 10.1. The van der Waals surface area contributed by atoms with Crippen LogP contribution >= 0.6 is 22.6 Å². The third-order valence-corrected chi connectivity index (χ3v) is 3.81. The molecule has 6 heteroatoms. The van der Waals surface area contributed by atoms with Crippen molar-refractivity contribution in [3.8, 4) is 0 Å². The van der Waals surface area contributed by atoms with Crippen LogP contribution in [0.4, 0.5) is 0 Å². The van der Waals surface area contributed by atoms with Crippen LogP contribution in [0.2, 0.25) is 0 Å². The summed E-state index contributed by atoms with van der Waals surface area (Å²) in [6.45, 7) is 0. The number of nitrogens with zero attached hydrogens (tertiary/aromatic N) is 1. The number of amides is 1. The molecule has 2 rings (SSSR count). The standard InChI is InChI=1S/C16H15IN2O3/c1-22-16(21)14(10-11-2-4-13(17)5-3-11)19-15(20)12-6-8-18-9-7-12/h2-9,14H,10H2,1H3,(H,19,20)/t14-/m1/s1. The van der Waals surface area contributed by atoms with E-state index < -0.39 is 12.0 Å². The maximum Gasteiger partial charge on any atom is 0.328 e. The molecule has 1 heterocycles. The number of rotatable bonds is 5. The van der Waals surface area contributed by atoms with Crippen LogP contribution in [0.3, 0.4) is 0 Å². The van der Waals surface area contributed by atoms with E-state index in [1.54, 1.807) is 12.1 Å². The van der Waals surface area contributed by atoms with Gasteiger partial charge in [-0.1, -0.05) is 12.1 Å². The maximum absolute atomic E-state index is 12.2. The molecule has 0 fully saturated rings. The van der Waals surface area contributed by atoms with Gasteiger partial charge in [-0.2, -0.15) is 0 Å². The van der Waals surface area contributed by atoms with Crippen LogP contribution in [0.15, 0.2) is 48.8 Å². The molecule has 0 saturated carbocycles. The quantitative estimate of drug-likeness (QED) is 0.607. The molecule has 1 N–H and O–H groups in total. The van der Waals surface area contributed by atoms with Crippen LogP contribution in [0, 0.1) is 3.57 Å². The van der Waals surface area contributed by atoms with E-state index in [9.17, 15) is 9.59 Å². The normalized spacial score (nSPS) is 11.5. The summed E-state index contributed by atoms with van der Waals surface area (Å²) in [5.41, 5.74) is 1.40. The number of carbonyl (C=O) groups excluding carboxylic acids is 2. The van der Waals surface area contributed by atoms with Crippen LogP contribution in [0.5, 0.6) is 0 Å². The molecule has 114 valence electrons. The Balaban J connectivity index is 2.11. The van der Waals surface area contributed by atoms with Crippen molar-refractivity contribution in [2.75, 3.05) is 7.11 Å². The van der Waals surface area contributed by atoms with Gasteiger partial charge in [-0.15, -0.1) is 0 Å². The SMILES string of the molecule is COC(=O)[C@@H](Cc1ccc(I)cc1)NC(=O)c1ccncc1.